The number of aryl methyl sites for hydroxylation is 1. The minimum atomic E-state index is 0.694. The first-order chi connectivity index (χ1) is 6.65. The molecule has 1 rings (SSSR count). The van der Waals surface area contributed by atoms with E-state index >= 15 is 0 Å². The van der Waals surface area contributed by atoms with Crippen molar-refractivity contribution >= 4 is 15.4 Å². The second-order valence-corrected chi connectivity index (χ2v) is 4.19. The number of ether oxygens (including phenoxy) is 3. The van der Waals surface area contributed by atoms with Crippen LogP contribution < -0.4 is 19.4 Å². The van der Waals surface area contributed by atoms with Crippen LogP contribution in [-0.2, 0) is 0 Å². The monoisotopic (exact) mass is 212 g/mol. The van der Waals surface area contributed by atoms with E-state index in [4.69, 9.17) is 14.2 Å². The fourth-order valence-electron chi connectivity index (χ4n) is 1.61. The third kappa shape index (κ3) is 1.70. The van der Waals surface area contributed by atoms with Crippen molar-refractivity contribution in [3.63, 3.8) is 0 Å². The summed E-state index contributed by atoms with van der Waals surface area (Å²) in [5.74, 6) is 2.24. The van der Waals surface area contributed by atoms with Gasteiger partial charge in [-0.25, -0.2) is 0 Å². The molecule has 0 saturated heterocycles. The molecule has 14 heavy (non-hydrogen) atoms. The maximum absolute atomic E-state index is 5.29. The lowest BCUT2D eigenvalue weighted by Crippen LogP contribution is -2.11. The molecule has 0 aliphatic heterocycles. The van der Waals surface area contributed by atoms with Crippen LogP contribution in [0.5, 0.6) is 17.2 Å². The van der Waals surface area contributed by atoms with Crippen LogP contribution in [0, 0.1) is 6.92 Å². The Balaban J connectivity index is 3.43. The van der Waals surface area contributed by atoms with Crippen LogP contribution in [0.15, 0.2) is 6.07 Å². The lowest BCUT2D eigenvalue weighted by Gasteiger charge is -2.16. The Morgan fingerprint density at radius 2 is 1.43 bits per heavy atom. The molecule has 0 spiro atoms. The zero-order chi connectivity index (χ0) is 10.7. The summed E-state index contributed by atoms with van der Waals surface area (Å²) in [6.45, 7) is 2.00. The van der Waals surface area contributed by atoms with E-state index in [0.717, 1.165) is 27.3 Å². The zero-order valence-electron chi connectivity index (χ0n) is 9.30. The first kappa shape index (κ1) is 10.9. The lowest BCUT2D eigenvalue weighted by atomic mass is 10.2. The molecule has 78 valence electrons. The molecule has 0 atom stereocenters. The molecule has 0 radical (unpaired) electrons. The minimum Gasteiger partial charge on any atom is -0.493 e. The molecule has 0 saturated carbocycles. The van der Waals surface area contributed by atoms with Crippen LogP contribution in [0.1, 0.15) is 5.56 Å². The highest BCUT2D eigenvalue weighted by atomic mass is 28.1. The second-order valence-electron chi connectivity index (χ2n) is 3.11. The average molecular weight is 212 g/mol. The summed E-state index contributed by atoms with van der Waals surface area (Å²) in [5, 5.41) is 1.18. The molecule has 0 bridgehead atoms. The van der Waals surface area contributed by atoms with Gasteiger partial charge >= 0.3 is 0 Å². The number of methoxy groups -OCH3 is 3. The first-order valence-electron chi connectivity index (χ1n) is 4.41. The van der Waals surface area contributed by atoms with E-state index in [9.17, 15) is 0 Å². The van der Waals surface area contributed by atoms with E-state index in [1.54, 1.807) is 21.3 Å². The fourth-order valence-corrected chi connectivity index (χ4v) is 2.47. The molecule has 1 aromatic rings. The predicted molar refractivity (Wildman–Crippen MR) is 60.4 cm³/mol. The predicted octanol–water partition coefficient (Wildman–Crippen LogP) is 0.0115. The van der Waals surface area contributed by atoms with Crippen LogP contribution in [0.3, 0.4) is 0 Å². The summed E-state index contributed by atoms with van der Waals surface area (Å²) in [6, 6.07) is 2.08. The first-order valence-corrected chi connectivity index (χ1v) is 5.41. The van der Waals surface area contributed by atoms with Crippen LogP contribution in [-0.4, -0.2) is 31.6 Å². The molecule has 0 aliphatic rings. The summed E-state index contributed by atoms with van der Waals surface area (Å²) in [5.41, 5.74) is 1.08. The summed E-state index contributed by atoms with van der Waals surface area (Å²) in [7, 11) is 5.84. The van der Waals surface area contributed by atoms with Crippen LogP contribution >= 0.6 is 0 Å². The molecular weight excluding hydrogens is 196 g/mol. The summed E-state index contributed by atoms with van der Waals surface area (Å²) >= 11 is 0. The standard InChI is InChI=1S/C10H16O3Si/c1-6-5-7(14)9(12-3)10(13-4)8(6)11-2/h5H,1-4,14H3. The highest BCUT2D eigenvalue weighted by molar-refractivity contribution is 6.34. The van der Waals surface area contributed by atoms with Gasteiger partial charge in [-0.2, -0.15) is 0 Å². The van der Waals surface area contributed by atoms with E-state index in [1.165, 1.54) is 5.19 Å². The van der Waals surface area contributed by atoms with E-state index in [0.29, 0.717) is 5.75 Å². The van der Waals surface area contributed by atoms with E-state index in [2.05, 4.69) is 6.07 Å². The van der Waals surface area contributed by atoms with Gasteiger partial charge < -0.3 is 14.2 Å². The van der Waals surface area contributed by atoms with Gasteiger partial charge in [0, 0.05) is 10.2 Å². The van der Waals surface area contributed by atoms with Crippen molar-refractivity contribution in [1.29, 1.82) is 0 Å². The van der Waals surface area contributed by atoms with Crippen molar-refractivity contribution < 1.29 is 14.2 Å². The van der Waals surface area contributed by atoms with Gasteiger partial charge in [0.1, 0.15) is 0 Å². The highest BCUT2D eigenvalue weighted by Crippen LogP contribution is 2.37. The van der Waals surface area contributed by atoms with Crippen molar-refractivity contribution in [2.24, 2.45) is 0 Å². The van der Waals surface area contributed by atoms with Crippen molar-refractivity contribution in [3.05, 3.63) is 11.6 Å². The minimum absolute atomic E-state index is 0.694. The molecular formula is C10H16O3Si. The fraction of sp³-hybridized carbons (Fsp3) is 0.400. The Morgan fingerprint density at radius 1 is 0.929 bits per heavy atom. The van der Waals surface area contributed by atoms with Gasteiger partial charge in [-0.05, 0) is 17.7 Å². The molecule has 0 aliphatic carbocycles. The Hall–Kier alpha value is -1.16. The summed E-state index contributed by atoms with van der Waals surface area (Å²) in [4.78, 5) is 0. The normalized spacial score (nSPS) is 10.0. The smallest absolute Gasteiger partial charge is 0.203 e. The highest BCUT2D eigenvalue weighted by Gasteiger charge is 2.15. The van der Waals surface area contributed by atoms with Gasteiger partial charge in [0.25, 0.3) is 0 Å². The van der Waals surface area contributed by atoms with Crippen LogP contribution in [0.4, 0.5) is 0 Å². The van der Waals surface area contributed by atoms with Crippen molar-refractivity contribution in [2.75, 3.05) is 21.3 Å². The molecule has 1 aromatic carbocycles. The molecule has 0 aromatic heterocycles. The molecule has 0 heterocycles. The molecule has 0 N–H and O–H groups in total. The molecule has 3 nitrogen and oxygen atoms in total. The van der Waals surface area contributed by atoms with Gasteiger partial charge in [-0.15, -0.1) is 0 Å². The SMILES string of the molecule is COc1c(C)cc([SiH3])c(OC)c1OC. The van der Waals surface area contributed by atoms with Gasteiger partial charge in [0.2, 0.25) is 5.75 Å². The Morgan fingerprint density at radius 3 is 1.86 bits per heavy atom. The molecule has 0 amide bonds. The Kier molecular flexibility index (Phi) is 3.41. The largest absolute Gasteiger partial charge is 0.493 e. The van der Waals surface area contributed by atoms with Gasteiger partial charge in [-0.3, -0.25) is 0 Å². The topological polar surface area (TPSA) is 27.7 Å². The van der Waals surface area contributed by atoms with E-state index in [1.807, 2.05) is 6.92 Å². The Bertz CT molecular complexity index is 308. The average Bonchev–Trinajstić information content (AvgIpc) is 2.16. The summed E-state index contributed by atoms with van der Waals surface area (Å²) in [6.07, 6.45) is 0. The zero-order valence-corrected chi connectivity index (χ0v) is 11.3. The second kappa shape index (κ2) is 4.37. The maximum atomic E-state index is 5.29. The molecule has 0 unspecified atom stereocenters. The summed E-state index contributed by atoms with van der Waals surface area (Å²) < 4.78 is 15.9. The van der Waals surface area contributed by atoms with Crippen molar-refractivity contribution in [1.82, 2.24) is 0 Å². The van der Waals surface area contributed by atoms with Crippen LogP contribution in [0.25, 0.3) is 0 Å². The number of hydrogen-bond donors (Lipinski definition) is 0. The van der Waals surface area contributed by atoms with E-state index < -0.39 is 0 Å². The van der Waals surface area contributed by atoms with E-state index in [-0.39, 0.29) is 0 Å². The quantitative estimate of drug-likeness (QED) is 0.661. The van der Waals surface area contributed by atoms with Crippen molar-refractivity contribution in [3.8, 4) is 17.2 Å². The molecule has 4 heteroatoms. The van der Waals surface area contributed by atoms with Gasteiger partial charge in [0.05, 0.1) is 21.3 Å². The van der Waals surface area contributed by atoms with Crippen molar-refractivity contribution in [2.45, 2.75) is 6.92 Å². The molecule has 0 fully saturated rings. The number of benzene rings is 1. The van der Waals surface area contributed by atoms with Gasteiger partial charge in [-0.1, -0.05) is 6.07 Å². The Labute approximate surface area is 87.4 Å². The number of rotatable bonds is 3. The lowest BCUT2D eigenvalue weighted by molar-refractivity contribution is 0.324. The van der Waals surface area contributed by atoms with Gasteiger partial charge in [0.15, 0.2) is 11.5 Å². The maximum Gasteiger partial charge on any atom is 0.203 e. The van der Waals surface area contributed by atoms with Crippen LogP contribution in [0.2, 0.25) is 0 Å². The third-order valence-corrected chi connectivity index (χ3v) is 2.92. The number of hydrogen-bond acceptors (Lipinski definition) is 3. The third-order valence-electron chi connectivity index (χ3n) is 2.17.